The predicted octanol–water partition coefficient (Wildman–Crippen LogP) is 2.28. The maximum absolute atomic E-state index is 11.4. The first-order chi connectivity index (χ1) is 9.78. The van der Waals surface area contributed by atoms with Crippen LogP contribution in [-0.2, 0) is 11.2 Å². The lowest BCUT2D eigenvalue weighted by atomic mass is 9.94. The Labute approximate surface area is 118 Å². The minimum Gasteiger partial charge on any atom is -0.326 e. The number of pyridine rings is 1. The van der Waals surface area contributed by atoms with Crippen molar-refractivity contribution in [1.82, 2.24) is 10.3 Å². The van der Waals surface area contributed by atoms with E-state index in [0.29, 0.717) is 6.42 Å². The van der Waals surface area contributed by atoms with Crippen molar-refractivity contribution < 1.29 is 4.79 Å². The summed E-state index contributed by atoms with van der Waals surface area (Å²) in [6.07, 6.45) is 5.02. The first-order valence-corrected chi connectivity index (χ1v) is 6.78. The Morgan fingerprint density at radius 1 is 1.25 bits per heavy atom. The number of anilines is 1. The number of nitrogens with zero attached hydrogens (tertiary/aromatic N) is 1. The van der Waals surface area contributed by atoms with Crippen LogP contribution in [0, 0.1) is 0 Å². The van der Waals surface area contributed by atoms with Crippen LogP contribution >= 0.6 is 0 Å². The van der Waals surface area contributed by atoms with E-state index >= 15 is 0 Å². The molecule has 1 aromatic heterocycles. The molecule has 1 aliphatic heterocycles. The molecule has 0 spiro atoms. The summed E-state index contributed by atoms with van der Waals surface area (Å²) in [4.78, 5) is 15.6. The van der Waals surface area contributed by atoms with E-state index in [4.69, 9.17) is 0 Å². The molecule has 0 fully saturated rings. The van der Waals surface area contributed by atoms with Gasteiger partial charge in [-0.1, -0.05) is 18.2 Å². The van der Waals surface area contributed by atoms with Gasteiger partial charge in [0.2, 0.25) is 5.91 Å². The molecule has 20 heavy (non-hydrogen) atoms. The number of aromatic nitrogens is 1. The Balaban J connectivity index is 1.95. The second kappa shape index (κ2) is 5.43. The van der Waals surface area contributed by atoms with Crippen molar-refractivity contribution in [2.75, 3.05) is 12.4 Å². The van der Waals surface area contributed by atoms with E-state index in [-0.39, 0.29) is 11.9 Å². The smallest absolute Gasteiger partial charge is 0.224 e. The third kappa shape index (κ3) is 2.42. The highest BCUT2D eigenvalue weighted by Gasteiger charge is 2.18. The SMILES string of the molecule is CNC(c1cccnc1)c1ccc2c(c1)CCC(=O)N2. The Bertz CT molecular complexity index is 625. The molecule has 1 amide bonds. The van der Waals surface area contributed by atoms with Crippen LogP contribution in [0.1, 0.15) is 29.2 Å². The van der Waals surface area contributed by atoms with Crippen molar-refractivity contribution in [3.63, 3.8) is 0 Å². The summed E-state index contributed by atoms with van der Waals surface area (Å²) >= 11 is 0. The standard InChI is InChI=1S/C16H17N3O/c1-17-16(13-3-2-8-18-10-13)12-4-6-14-11(9-12)5-7-15(20)19-14/h2-4,6,8-10,16-17H,5,7H2,1H3,(H,19,20). The average Bonchev–Trinajstić information content (AvgIpc) is 2.49. The van der Waals surface area contributed by atoms with Crippen LogP contribution in [0.15, 0.2) is 42.7 Å². The van der Waals surface area contributed by atoms with Crippen molar-refractivity contribution in [2.45, 2.75) is 18.9 Å². The van der Waals surface area contributed by atoms with Crippen LogP contribution in [-0.4, -0.2) is 17.9 Å². The van der Waals surface area contributed by atoms with Crippen LogP contribution in [0.2, 0.25) is 0 Å². The van der Waals surface area contributed by atoms with Gasteiger partial charge in [-0.25, -0.2) is 0 Å². The van der Waals surface area contributed by atoms with Crippen molar-refractivity contribution in [2.24, 2.45) is 0 Å². The lowest BCUT2D eigenvalue weighted by molar-refractivity contribution is -0.116. The Hall–Kier alpha value is -2.20. The van der Waals surface area contributed by atoms with Crippen LogP contribution in [0.4, 0.5) is 5.69 Å². The lowest BCUT2D eigenvalue weighted by Crippen LogP contribution is -2.21. The summed E-state index contributed by atoms with van der Waals surface area (Å²) in [5.74, 6) is 0.0997. The number of aryl methyl sites for hydroxylation is 1. The Morgan fingerprint density at radius 3 is 2.90 bits per heavy atom. The highest BCUT2D eigenvalue weighted by Crippen LogP contribution is 2.28. The molecule has 1 unspecified atom stereocenters. The summed E-state index contributed by atoms with van der Waals surface area (Å²) in [7, 11) is 1.94. The molecule has 0 aliphatic carbocycles. The molecular formula is C16H17N3O. The summed E-state index contributed by atoms with van der Waals surface area (Å²) < 4.78 is 0. The first-order valence-electron chi connectivity index (χ1n) is 6.78. The molecule has 2 heterocycles. The molecule has 1 aliphatic rings. The van der Waals surface area contributed by atoms with Crippen LogP contribution in [0.3, 0.4) is 0 Å². The Kier molecular flexibility index (Phi) is 3.48. The number of benzene rings is 1. The van der Waals surface area contributed by atoms with Gasteiger partial charge < -0.3 is 10.6 Å². The molecule has 1 aromatic carbocycles. The van der Waals surface area contributed by atoms with Crippen molar-refractivity contribution in [3.05, 3.63) is 59.4 Å². The predicted molar refractivity (Wildman–Crippen MR) is 78.5 cm³/mol. The fraction of sp³-hybridized carbons (Fsp3) is 0.250. The topological polar surface area (TPSA) is 54.0 Å². The van der Waals surface area contributed by atoms with Gasteiger partial charge in [-0.3, -0.25) is 9.78 Å². The van der Waals surface area contributed by atoms with E-state index in [1.807, 2.05) is 25.4 Å². The number of amides is 1. The minimum atomic E-state index is 0.0997. The number of rotatable bonds is 3. The fourth-order valence-electron chi connectivity index (χ4n) is 2.66. The van der Waals surface area contributed by atoms with Gasteiger partial charge in [0.05, 0.1) is 6.04 Å². The molecule has 2 aromatic rings. The lowest BCUT2D eigenvalue weighted by Gasteiger charge is -2.21. The largest absolute Gasteiger partial charge is 0.326 e. The summed E-state index contributed by atoms with van der Waals surface area (Å²) in [6, 6.07) is 10.3. The zero-order chi connectivity index (χ0) is 13.9. The molecular weight excluding hydrogens is 250 g/mol. The van der Waals surface area contributed by atoms with Gasteiger partial charge in [0.15, 0.2) is 0 Å². The van der Waals surface area contributed by atoms with Gasteiger partial charge in [0.25, 0.3) is 0 Å². The van der Waals surface area contributed by atoms with Crippen LogP contribution < -0.4 is 10.6 Å². The van der Waals surface area contributed by atoms with Gasteiger partial charge in [-0.15, -0.1) is 0 Å². The third-order valence-corrected chi connectivity index (χ3v) is 3.66. The van der Waals surface area contributed by atoms with Crippen molar-refractivity contribution in [1.29, 1.82) is 0 Å². The number of carbonyl (C=O) groups is 1. The molecule has 0 saturated heterocycles. The monoisotopic (exact) mass is 267 g/mol. The van der Waals surface area contributed by atoms with Gasteiger partial charge >= 0.3 is 0 Å². The quantitative estimate of drug-likeness (QED) is 0.897. The molecule has 3 rings (SSSR count). The zero-order valence-corrected chi connectivity index (χ0v) is 11.4. The number of hydrogen-bond acceptors (Lipinski definition) is 3. The third-order valence-electron chi connectivity index (χ3n) is 3.66. The van der Waals surface area contributed by atoms with Crippen molar-refractivity contribution >= 4 is 11.6 Å². The number of fused-ring (bicyclic) bond motifs is 1. The van der Waals surface area contributed by atoms with E-state index in [0.717, 1.165) is 17.7 Å². The zero-order valence-electron chi connectivity index (χ0n) is 11.4. The summed E-state index contributed by atoms with van der Waals surface area (Å²) in [5.41, 5.74) is 4.46. The van der Waals surface area contributed by atoms with Crippen molar-refractivity contribution in [3.8, 4) is 0 Å². The number of carbonyl (C=O) groups excluding carboxylic acids is 1. The molecule has 102 valence electrons. The summed E-state index contributed by atoms with van der Waals surface area (Å²) in [6.45, 7) is 0. The van der Waals surface area contributed by atoms with Gasteiger partial charge in [-0.2, -0.15) is 0 Å². The van der Waals surface area contributed by atoms with E-state index in [1.165, 1.54) is 11.1 Å². The number of nitrogens with one attached hydrogen (secondary N) is 2. The number of hydrogen-bond donors (Lipinski definition) is 2. The molecule has 4 heteroatoms. The van der Waals surface area contributed by atoms with E-state index in [1.54, 1.807) is 6.20 Å². The normalized spacial score (nSPS) is 15.3. The second-order valence-corrected chi connectivity index (χ2v) is 4.97. The highest BCUT2D eigenvalue weighted by atomic mass is 16.1. The van der Waals surface area contributed by atoms with Crippen LogP contribution in [0.25, 0.3) is 0 Å². The van der Waals surface area contributed by atoms with Gasteiger partial charge in [-0.05, 0) is 42.3 Å². The fourth-order valence-corrected chi connectivity index (χ4v) is 2.66. The second-order valence-electron chi connectivity index (χ2n) is 4.97. The molecule has 2 N–H and O–H groups in total. The first kappa shape index (κ1) is 12.8. The van der Waals surface area contributed by atoms with E-state index in [9.17, 15) is 4.79 Å². The van der Waals surface area contributed by atoms with E-state index < -0.39 is 0 Å². The minimum absolute atomic E-state index is 0.0997. The molecule has 0 bridgehead atoms. The average molecular weight is 267 g/mol. The van der Waals surface area contributed by atoms with Gasteiger partial charge in [0.1, 0.15) is 0 Å². The molecule has 1 atom stereocenters. The molecule has 0 radical (unpaired) electrons. The maximum atomic E-state index is 11.4. The summed E-state index contributed by atoms with van der Waals surface area (Å²) in [5, 5.41) is 6.23. The maximum Gasteiger partial charge on any atom is 0.224 e. The van der Waals surface area contributed by atoms with Gasteiger partial charge in [0, 0.05) is 24.5 Å². The Morgan fingerprint density at radius 2 is 2.15 bits per heavy atom. The molecule has 0 saturated carbocycles. The van der Waals surface area contributed by atoms with Crippen LogP contribution in [0.5, 0.6) is 0 Å². The molecule has 4 nitrogen and oxygen atoms in total. The van der Waals surface area contributed by atoms with E-state index in [2.05, 4.69) is 33.8 Å². The highest BCUT2D eigenvalue weighted by molar-refractivity contribution is 5.93.